The van der Waals surface area contributed by atoms with E-state index in [0.29, 0.717) is 0 Å². The zero-order chi connectivity index (χ0) is 44.7. The predicted molar refractivity (Wildman–Crippen MR) is 290 cm³/mol. The Bertz CT molecular complexity index is 3930. The third kappa shape index (κ3) is 6.29. The minimum atomic E-state index is 1.13. The number of anilines is 6. The van der Waals surface area contributed by atoms with Crippen molar-refractivity contribution in [1.82, 2.24) is 0 Å². The first-order valence-corrected chi connectivity index (χ1v) is 24.8. The summed E-state index contributed by atoms with van der Waals surface area (Å²) in [6.45, 7) is 0. The maximum absolute atomic E-state index is 2.47. The molecule has 2 aliphatic rings. The highest BCUT2D eigenvalue weighted by molar-refractivity contribution is 8.00. The first-order valence-electron chi connectivity index (χ1n) is 23.2. The number of benzene rings is 12. The molecule has 0 amide bonds. The van der Waals surface area contributed by atoms with Crippen LogP contribution in [-0.2, 0) is 0 Å². The van der Waals surface area contributed by atoms with Gasteiger partial charge in [-0.15, -0.1) is 0 Å². The van der Waals surface area contributed by atoms with E-state index in [9.17, 15) is 0 Å². The number of para-hydroxylation sites is 4. The second-order valence-electron chi connectivity index (χ2n) is 17.6. The summed E-state index contributed by atoms with van der Waals surface area (Å²) >= 11 is 3.69. The molecule has 318 valence electrons. The van der Waals surface area contributed by atoms with Crippen LogP contribution in [0.2, 0.25) is 0 Å². The first-order chi connectivity index (χ1) is 33.7. The van der Waals surface area contributed by atoms with Crippen LogP contribution in [0.15, 0.2) is 262 Å². The maximum atomic E-state index is 2.47. The number of hydrogen-bond acceptors (Lipinski definition) is 4. The van der Waals surface area contributed by atoms with Gasteiger partial charge in [0.05, 0.1) is 22.7 Å². The van der Waals surface area contributed by atoms with Gasteiger partial charge in [0.2, 0.25) is 0 Å². The molecule has 0 spiro atoms. The SMILES string of the molecule is c1cc(-c2ccc3ccccc3c2)cc(-c2c3cc(N4c5ccccc5Sc5ccccc54)ccc3c(-c3cccc4ccccc34)c3cc(N4c5ccccc5Sc5ccccc54)ccc23)c1. The molecule has 2 heterocycles. The first kappa shape index (κ1) is 39.2. The molecular formula is C64H40N2S2. The molecule has 68 heavy (non-hydrogen) atoms. The summed E-state index contributed by atoms with van der Waals surface area (Å²) in [5.41, 5.74) is 14.3. The van der Waals surface area contributed by atoms with Crippen molar-refractivity contribution in [2.45, 2.75) is 19.6 Å². The van der Waals surface area contributed by atoms with E-state index in [4.69, 9.17) is 0 Å². The van der Waals surface area contributed by atoms with Gasteiger partial charge in [0.15, 0.2) is 0 Å². The van der Waals surface area contributed by atoms with Crippen molar-refractivity contribution < 1.29 is 0 Å². The molecule has 0 aliphatic carbocycles. The average molecular weight is 901 g/mol. The van der Waals surface area contributed by atoms with Gasteiger partial charge in [-0.3, -0.25) is 0 Å². The average Bonchev–Trinajstić information content (AvgIpc) is 3.40. The summed E-state index contributed by atoms with van der Waals surface area (Å²) in [6, 6.07) is 90.0. The molecule has 0 aromatic heterocycles. The lowest BCUT2D eigenvalue weighted by atomic mass is 9.83. The molecule has 12 aromatic rings. The molecule has 2 aliphatic heterocycles. The van der Waals surface area contributed by atoms with E-state index in [-0.39, 0.29) is 0 Å². The molecule has 0 N–H and O–H groups in total. The van der Waals surface area contributed by atoms with E-state index in [0.717, 1.165) is 11.4 Å². The second-order valence-corrected chi connectivity index (χ2v) is 19.8. The van der Waals surface area contributed by atoms with E-state index in [1.807, 2.05) is 23.5 Å². The highest BCUT2D eigenvalue weighted by Crippen LogP contribution is 2.55. The topological polar surface area (TPSA) is 6.48 Å². The fraction of sp³-hybridized carbons (Fsp3) is 0. The normalized spacial score (nSPS) is 12.8. The van der Waals surface area contributed by atoms with E-state index in [1.165, 1.54) is 119 Å². The van der Waals surface area contributed by atoms with Crippen LogP contribution in [-0.4, -0.2) is 0 Å². The van der Waals surface area contributed by atoms with Gasteiger partial charge in [-0.05, 0) is 161 Å². The summed E-state index contributed by atoms with van der Waals surface area (Å²) in [7, 11) is 0. The lowest BCUT2D eigenvalue weighted by Crippen LogP contribution is -2.15. The molecule has 0 saturated carbocycles. The summed E-state index contributed by atoms with van der Waals surface area (Å²) in [5.74, 6) is 0. The van der Waals surface area contributed by atoms with Crippen molar-refractivity contribution in [3.05, 3.63) is 243 Å². The standard InChI is InChI=1S/C64H40N2S2/c1-2-17-43-37-45(32-31-41(43)15-1)44-19-13-20-46(38-44)63-51-35-33-48(66-57-25-7-11-29-61(57)68-62-30-12-8-26-58(62)66)40-54(51)64(50-22-14-18-42-16-3-4-21-49(42)50)52-36-34-47(39-53(52)63)65-55-23-5-9-27-59(55)67-60-28-10-6-24-56(60)65/h1-40H. The van der Waals surface area contributed by atoms with Gasteiger partial charge in [-0.2, -0.15) is 0 Å². The smallest absolute Gasteiger partial charge is 0.0601 e. The van der Waals surface area contributed by atoms with Gasteiger partial charge in [-0.25, -0.2) is 0 Å². The number of hydrogen-bond donors (Lipinski definition) is 0. The van der Waals surface area contributed by atoms with Crippen molar-refractivity contribution in [2.24, 2.45) is 0 Å². The van der Waals surface area contributed by atoms with Crippen LogP contribution in [0.3, 0.4) is 0 Å². The molecule has 0 fully saturated rings. The highest BCUT2D eigenvalue weighted by Gasteiger charge is 2.28. The lowest BCUT2D eigenvalue weighted by Gasteiger charge is -2.34. The van der Waals surface area contributed by atoms with E-state index < -0.39 is 0 Å². The highest BCUT2D eigenvalue weighted by atomic mass is 32.2. The minimum Gasteiger partial charge on any atom is -0.308 e. The Labute approximate surface area is 403 Å². The summed E-state index contributed by atoms with van der Waals surface area (Å²) < 4.78 is 0. The van der Waals surface area contributed by atoms with E-state index >= 15 is 0 Å². The largest absolute Gasteiger partial charge is 0.308 e. The molecule has 14 rings (SSSR count). The fourth-order valence-corrected chi connectivity index (χ4v) is 12.8. The summed E-state index contributed by atoms with van der Waals surface area (Å²) in [6.07, 6.45) is 0. The Morgan fingerprint density at radius 3 is 1.32 bits per heavy atom. The third-order valence-corrected chi connectivity index (χ3v) is 16.0. The zero-order valence-electron chi connectivity index (χ0n) is 36.8. The van der Waals surface area contributed by atoms with Gasteiger partial charge in [0.25, 0.3) is 0 Å². The quantitative estimate of drug-likeness (QED) is 0.159. The molecule has 4 heteroatoms. The fourth-order valence-electron chi connectivity index (χ4n) is 10.7. The molecule has 12 aromatic carbocycles. The van der Waals surface area contributed by atoms with Crippen molar-refractivity contribution in [3.8, 4) is 33.4 Å². The number of fused-ring (bicyclic) bond motifs is 8. The van der Waals surface area contributed by atoms with Crippen molar-refractivity contribution in [1.29, 1.82) is 0 Å². The van der Waals surface area contributed by atoms with Crippen LogP contribution in [0.25, 0.3) is 76.5 Å². The van der Waals surface area contributed by atoms with Crippen LogP contribution in [0.5, 0.6) is 0 Å². The van der Waals surface area contributed by atoms with Gasteiger partial charge < -0.3 is 9.80 Å². The Hall–Kier alpha value is -8.02. The van der Waals surface area contributed by atoms with Crippen LogP contribution in [0.4, 0.5) is 34.1 Å². The van der Waals surface area contributed by atoms with E-state index in [2.05, 4.69) is 252 Å². The van der Waals surface area contributed by atoms with E-state index in [1.54, 1.807) is 0 Å². The third-order valence-electron chi connectivity index (χ3n) is 13.8. The monoisotopic (exact) mass is 900 g/mol. The van der Waals surface area contributed by atoms with Crippen molar-refractivity contribution >= 4 is 101 Å². The number of rotatable bonds is 5. The van der Waals surface area contributed by atoms with Crippen LogP contribution >= 0.6 is 23.5 Å². The molecule has 0 bridgehead atoms. The van der Waals surface area contributed by atoms with Crippen LogP contribution in [0.1, 0.15) is 0 Å². The van der Waals surface area contributed by atoms with Gasteiger partial charge in [0, 0.05) is 31.0 Å². The van der Waals surface area contributed by atoms with Crippen molar-refractivity contribution in [3.63, 3.8) is 0 Å². The Kier molecular flexibility index (Phi) is 9.11. The maximum Gasteiger partial charge on any atom is 0.0601 e. The van der Waals surface area contributed by atoms with Gasteiger partial charge in [0.1, 0.15) is 0 Å². The van der Waals surface area contributed by atoms with Crippen LogP contribution < -0.4 is 9.80 Å². The molecule has 0 atom stereocenters. The van der Waals surface area contributed by atoms with Gasteiger partial charge in [-0.1, -0.05) is 181 Å². The summed E-state index contributed by atoms with van der Waals surface area (Å²) in [5, 5.41) is 9.78. The molecule has 0 unspecified atom stereocenters. The molecule has 0 radical (unpaired) electrons. The minimum absolute atomic E-state index is 1.13. The zero-order valence-corrected chi connectivity index (χ0v) is 38.4. The Morgan fingerprint density at radius 1 is 0.250 bits per heavy atom. The Morgan fingerprint density at radius 2 is 0.706 bits per heavy atom. The second kappa shape index (κ2) is 15.8. The molecule has 2 nitrogen and oxygen atoms in total. The van der Waals surface area contributed by atoms with Gasteiger partial charge >= 0.3 is 0 Å². The Balaban J connectivity index is 1.10. The molecular weight excluding hydrogens is 861 g/mol. The molecule has 0 saturated heterocycles. The lowest BCUT2D eigenvalue weighted by molar-refractivity contribution is 1.17. The summed E-state index contributed by atoms with van der Waals surface area (Å²) in [4.78, 5) is 9.91. The van der Waals surface area contributed by atoms with Crippen molar-refractivity contribution in [2.75, 3.05) is 9.80 Å². The predicted octanol–water partition coefficient (Wildman–Crippen LogP) is 19.2. The number of nitrogens with zero attached hydrogens (tertiary/aromatic N) is 2. The van der Waals surface area contributed by atoms with Crippen LogP contribution in [0, 0.1) is 0 Å².